The van der Waals surface area contributed by atoms with Gasteiger partial charge in [-0.3, -0.25) is 5.41 Å². The Balaban J connectivity index is 1.79. The lowest BCUT2D eigenvalue weighted by molar-refractivity contribution is 0.157. The standard InChI is InChI=1S/C10H18N2O/c1-13-7-8-4-5-12(6-8)10(11)9-2-3-9/h8-9,11H,2-7H2,1H3. The molecule has 0 aromatic rings. The van der Waals surface area contributed by atoms with Gasteiger partial charge in [0, 0.05) is 32.0 Å². The van der Waals surface area contributed by atoms with Gasteiger partial charge in [-0.25, -0.2) is 0 Å². The fourth-order valence-electron chi connectivity index (χ4n) is 2.04. The predicted molar refractivity (Wildman–Crippen MR) is 52.0 cm³/mol. The molecule has 1 aliphatic carbocycles. The molecule has 1 atom stereocenters. The fraction of sp³-hybridized carbons (Fsp3) is 0.900. The third-order valence-electron chi connectivity index (χ3n) is 2.99. The molecule has 1 saturated heterocycles. The van der Waals surface area contributed by atoms with Gasteiger partial charge in [-0.15, -0.1) is 0 Å². The first-order chi connectivity index (χ1) is 6.31. The maximum atomic E-state index is 7.91. The highest BCUT2D eigenvalue weighted by Gasteiger charge is 2.33. The molecule has 0 radical (unpaired) electrons. The lowest BCUT2D eigenvalue weighted by atomic mass is 10.1. The molecule has 0 aromatic carbocycles. The van der Waals surface area contributed by atoms with Crippen LogP contribution in [-0.2, 0) is 4.74 Å². The van der Waals surface area contributed by atoms with Crippen molar-refractivity contribution in [3.8, 4) is 0 Å². The van der Waals surface area contributed by atoms with E-state index in [1.54, 1.807) is 7.11 Å². The lowest BCUT2D eigenvalue weighted by Gasteiger charge is -2.18. The summed E-state index contributed by atoms with van der Waals surface area (Å²) in [6.07, 6.45) is 3.68. The minimum absolute atomic E-state index is 0.598. The largest absolute Gasteiger partial charge is 0.384 e. The minimum Gasteiger partial charge on any atom is -0.384 e. The van der Waals surface area contributed by atoms with Gasteiger partial charge in [-0.1, -0.05) is 0 Å². The highest BCUT2D eigenvalue weighted by atomic mass is 16.5. The Morgan fingerprint density at radius 2 is 2.23 bits per heavy atom. The first-order valence-corrected chi connectivity index (χ1v) is 5.13. The average Bonchev–Trinajstić information content (AvgIpc) is 2.87. The van der Waals surface area contributed by atoms with Crippen LogP contribution < -0.4 is 0 Å². The summed E-state index contributed by atoms with van der Waals surface area (Å²) >= 11 is 0. The fourth-order valence-corrected chi connectivity index (χ4v) is 2.04. The van der Waals surface area contributed by atoms with Crippen LogP contribution in [0.1, 0.15) is 19.3 Å². The molecule has 0 amide bonds. The van der Waals surface area contributed by atoms with Crippen molar-refractivity contribution in [1.29, 1.82) is 5.41 Å². The van der Waals surface area contributed by atoms with Crippen molar-refractivity contribution in [2.45, 2.75) is 19.3 Å². The van der Waals surface area contributed by atoms with Crippen LogP contribution in [0.2, 0.25) is 0 Å². The van der Waals surface area contributed by atoms with E-state index in [0.717, 1.165) is 25.5 Å². The van der Waals surface area contributed by atoms with Crippen LogP contribution in [0.3, 0.4) is 0 Å². The van der Waals surface area contributed by atoms with E-state index in [9.17, 15) is 0 Å². The summed E-state index contributed by atoms with van der Waals surface area (Å²) in [5.41, 5.74) is 0. The van der Waals surface area contributed by atoms with E-state index < -0.39 is 0 Å². The van der Waals surface area contributed by atoms with Crippen molar-refractivity contribution in [1.82, 2.24) is 4.90 Å². The Bertz CT molecular complexity index is 201. The number of nitrogens with one attached hydrogen (secondary N) is 1. The highest BCUT2D eigenvalue weighted by molar-refractivity contribution is 5.83. The van der Waals surface area contributed by atoms with Gasteiger partial charge in [0.1, 0.15) is 0 Å². The molecule has 1 unspecified atom stereocenters. The minimum atomic E-state index is 0.598. The van der Waals surface area contributed by atoms with Crippen molar-refractivity contribution in [3.63, 3.8) is 0 Å². The molecule has 13 heavy (non-hydrogen) atoms. The number of nitrogens with zero attached hydrogens (tertiary/aromatic N) is 1. The molecule has 2 aliphatic rings. The van der Waals surface area contributed by atoms with Gasteiger partial charge in [-0.2, -0.15) is 0 Å². The van der Waals surface area contributed by atoms with Gasteiger partial charge in [0.25, 0.3) is 0 Å². The number of hydrogen-bond acceptors (Lipinski definition) is 2. The quantitative estimate of drug-likeness (QED) is 0.528. The summed E-state index contributed by atoms with van der Waals surface area (Å²) in [6.45, 7) is 2.97. The second-order valence-corrected chi connectivity index (χ2v) is 4.22. The second-order valence-electron chi connectivity index (χ2n) is 4.22. The van der Waals surface area contributed by atoms with Gasteiger partial charge in [0.15, 0.2) is 0 Å². The van der Waals surface area contributed by atoms with Gasteiger partial charge in [-0.05, 0) is 19.3 Å². The summed E-state index contributed by atoms with van der Waals surface area (Å²) < 4.78 is 5.13. The van der Waals surface area contributed by atoms with E-state index in [1.165, 1.54) is 19.3 Å². The molecule has 1 saturated carbocycles. The van der Waals surface area contributed by atoms with Gasteiger partial charge in [0.2, 0.25) is 0 Å². The molecule has 2 fully saturated rings. The number of hydrogen-bond donors (Lipinski definition) is 1. The molecular formula is C10H18N2O. The Kier molecular flexibility index (Phi) is 2.54. The monoisotopic (exact) mass is 182 g/mol. The molecule has 1 N–H and O–H groups in total. The summed E-state index contributed by atoms with van der Waals surface area (Å²) in [5, 5.41) is 7.91. The topological polar surface area (TPSA) is 36.3 Å². The number of ether oxygens (including phenoxy) is 1. The smallest absolute Gasteiger partial charge is 0.0989 e. The molecule has 3 nitrogen and oxygen atoms in total. The lowest BCUT2D eigenvalue weighted by Crippen LogP contribution is -2.29. The Hall–Kier alpha value is -0.570. The molecule has 0 aromatic heterocycles. The summed E-state index contributed by atoms with van der Waals surface area (Å²) in [4.78, 5) is 2.24. The number of likely N-dealkylation sites (tertiary alicyclic amines) is 1. The van der Waals surface area contributed by atoms with E-state index in [1.807, 2.05) is 0 Å². The van der Waals surface area contributed by atoms with Crippen molar-refractivity contribution in [2.75, 3.05) is 26.8 Å². The van der Waals surface area contributed by atoms with E-state index in [2.05, 4.69) is 4.90 Å². The first-order valence-electron chi connectivity index (χ1n) is 5.13. The van der Waals surface area contributed by atoms with E-state index >= 15 is 0 Å². The van der Waals surface area contributed by atoms with Gasteiger partial charge >= 0.3 is 0 Å². The summed E-state index contributed by atoms with van der Waals surface area (Å²) in [7, 11) is 1.76. The summed E-state index contributed by atoms with van der Waals surface area (Å²) in [6, 6.07) is 0. The third-order valence-corrected chi connectivity index (χ3v) is 2.99. The molecule has 74 valence electrons. The van der Waals surface area contributed by atoms with Crippen LogP contribution in [0.25, 0.3) is 0 Å². The van der Waals surface area contributed by atoms with Crippen molar-refractivity contribution >= 4 is 5.84 Å². The molecule has 1 aliphatic heterocycles. The molecule has 2 rings (SSSR count). The SMILES string of the molecule is COCC1CCN(C(=N)C2CC2)C1. The molecule has 0 bridgehead atoms. The maximum Gasteiger partial charge on any atom is 0.0989 e. The summed E-state index contributed by atoms with van der Waals surface area (Å²) in [5.74, 6) is 2.14. The van der Waals surface area contributed by atoms with Crippen molar-refractivity contribution in [3.05, 3.63) is 0 Å². The van der Waals surface area contributed by atoms with Crippen molar-refractivity contribution < 1.29 is 4.74 Å². The predicted octanol–water partition coefficient (Wildman–Crippen LogP) is 1.34. The molecule has 3 heteroatoms. The normalized spacial score (nSPS) is 28.1. The van der Waals surface area contributed by atoms with Crippen LogP contribution in [-0.4, -0.2) is 37.5 Å². The van der Waals surface area contributed by atoms with Gasteiger partial charge in [0.05, 0.1) is 12.4 Å². The molecule has 1 heterocycles. The highest BCUT2D eigenvalue weighted by Crippen LogP contribution is 2.33. The Labute approximate surface area is 79.6 Å². The zero-order valence-electron chi connectivity index (χ0n) is 8.25. The van der Waals surface area contributed by atoms with Crippen LogP contribution in [0.5, 0.6) is 0 Å². The Morgan fingerprint density at radius 1 is 1.46 bits per heavy atom. The van der Waals surface area contributed by atoms with Crippen LogP contribution in [0.15, 0.2) is 0 Å². The van der Waals surface area contributed by atoms with E-state index in [-0.39, 0.29) is 0 Å². The number of rotatable bonds is 3. The van der Waals surface area contributed by atoms with Crippen molar-refractivity contribution in [2.24, 2.45) is 11.8 Å². The zero-order valence-corrected chi connectivity index (χ0v) is 8.25. The van der Waals surface area contributed by atoms with Crippen LogP contribution in [0, 0.1) is 17.2 Å². The van der Waals surface area contributed by atoms with E-state index in [0.29, 0.717) is 11.8 Å². The number of amidine groups is 1. The molecule has 0 spiro atoms. The maximum absolute atomic E-state index is 7.91. The van der Waals surface area contributed by atoms with Gasteiger partial charge < -0.3 is 9.64 Å². The second kappa shape index (κ2) is 3.66. The number of methoxy groups -OCH3 is 1. The molecular weight excluding hydrogens is 164 g/mol. The zero-order chi connectivity index (χ0) is 9.26. The average molecular weight is 182 g/mol. The first kappa shape index (κ1) is 9.00. The van der Waals surface area contributed by atoms with Crippen LogP contribution >= 0.6 is 0 Å². The van der Waals surface area contributed by atoms with Crippen LogP contribution in [0.4, 0.5) is 0 Å². The van der Waals surface area contributed by atoms with E-state index in [4.69, 9.17) is 10.1 Å². The third kappa shape index (κ3) is 2.02. The Morgan fingerprint density at radius 3 is 2.85 bits per heavy atom.